The van der Waals surface area contributed by atoms with Gasteiger partial charge in [0.25, 0.3) is 0 Å². The van der Waals surface area contributed by atoms with Crippen LogP contribution < -0.4 is 5.32 Å². The molecule has 0 unspecified atom stereocenters. The lowest BCUT2D eigenvalue weighted by Crippen LogP contribution is -2.50. The average molecular weight is 293 g/mol. The molecule has 0 radical (unpaired) electrons. The molecule has 0 aliphatic carbocycles. The Kier molecular flexibility index (Phi) is 4.42. The van der Waals surface area contributed by atoms with Crippen LogP contribution in [0.1, 0.15) is 13.8 Å². The van der Waals surface area contributed by atoms with Gasteiger partial charge in [0.1, 0.15) is 11.8 Å². The zero-order valence-corrected chi connectivity index (χ0v) is 12.2. The Morgan fingerprint density at radius 2 is 2.29 bits per heavy atom. The molecule has 2 atom stereocenters. The molecule has 7 nitrogen and oxygen atoms in total. The summed E-state index contributed by atoms with van der Waals surface area (Å²) in [4.78, 5) is 42.3. The fourth-order valence-corrected chi connectivity index (χ4v) is 2.54. The van der Waals surface area contributed by atoms with Crippen molar-refractivity contribution in [2.75, 3.05) is 19.7 Å². The highest BCUT2D eigenvalue weighted by atomic mass is 16.7. The van der Waals surface area contributed by atoms with Crippen molar-refractivity contribution in [3.05, 3.63) is 24.3 Å². The average Bonchev–Trinajstić information content (AvgIpc) is 2.67. The van der Waals surface area contributed by atoms with Crippen molar-refractivity contribution >= 4 is 17.7 Å². The molecule has 2 heterocycles. The van der Waals surface area contributed by atoms with Crippen molar-refractivity contribution in [2.24, 2.45) is 0 Å². The number of hydrogen-bond acceptors (Lipinski definition) is 4. The first-order valence-corrected chi connectivity index (χ1v) is 6.74. The number of nitrogens with zero attached hydrogens (tertiary/aromatic N) is 2. The Balaban J connectivity index is 2.12. The number of rotatable bonds is 6. The number of carbonyl (C=O) groups is 3. The molecule has 2 aliphatic heterocycles. The second-order valence-electron chi connectivity index (χ2n) is 5.15. The van der Waals surface area contributed by atoms with Crippen molar-refractivity contribution in [1.82, 2.24) is 15.3 Å². The maximum absolute atomic E-state index is 12.3. The summed E-state index contributed by atoms with van der Waals surface area (Å²) >= 11 is 0. The number of urea groups is 1. The third-order valence-corrected chi connectivity index (χ3v) is 3.41. The summed E-state index contributed by atoms with van der Waals surface area (Å²) in [5, 5.41) is 3.81. The van der Waals surface area contributed by atoms with Gasteiger partial charge in [-0.05, 0) is 19.4 Å². The predicted molar refractivity (Wildman–Crippen MR) is 75.1 cm³/mol. The summed E-state index contributed by atoms with van der Waals surface area (Å²) in [6, 6.07) is -1.24. The van der Waals surface area contributed by atoms with Gasteiger partial charge in [-0.15, -0.1) is 6.58 Å². The minimum absolute atomic E-state index is 0.0370. The van der Waals surface area contributed by atoms with Gasteiger partial charge in [-0.1, -0.05) is 12.2 Å². The van der Waals surface area contributed by atoms with Crippen LogP contribution in [0.25, 0.3) is 0 Å². The molecule has 1 saturated heterocycles. The smallest absolute Gasteiger partial charge is 0.345 e. The van der Waals surface area contributed by atoms with Crippen LogP contribution in [0.2, 0.25) is 0 Å². The summed E-state index contributed by atoms with van der Waals surface area (Å²) < 4.78 is 0. The highest BCUT2D eigenvalue weighted by Gasteiger charge is 2.47. The topological polar surface area (TPSA) is 79.0 Å². The lowest BCUT2D eigenvalue weighted by atomic mass is 10.00. The standard InChI is InChI=1S/C14H19N3O4/c1-4-5-21-17-11-6-9(2)12(16(8-11)14(17)20)13(19)15-7-10(3)18/h4,6,11-12H,1,5,7-8H2,2-3H3,(H,15,19)/t11-,12+/m1/s1. The Morgan fingerprint density at radius 1 is 1.57 bits per heavy atom. The Labute approximate surface area is 123 Å². The van der Waals surface area contributed by atoms with E-state index < -0.39 is 6.04 Å². The van der Waals surface area contributed by atoms with Gasteiger partial charge in [0.05, 0.1) is 25.7 Å². The number of carbonyl (C=O) groups excluding carboxylic acids is 3. The molecular formula is C14H19N3O4. The number of Topliss-reactive ketones (excluding diaryl/α,β-unsaturated/α-hetero) is 1. The maximum Gasteiger partial charge on any atom is 0.345 e. The van der Waals surface area contributed by atoms with E-state index in [9.17, 15) is 14.4 Å². The van der Waals surface area contributed by atoms with E-state index in [0.717, 1.165) is 5.57 Å². The predicted octanol–water partition coefficient (Wildman–Crippen LogP) is 0.244. The van der Waals surface area contributed by atoms with Crippen LogP contribution in [-0.2, 0) is 14.4 Å². The van der Waals surface area contributed by atoms with Gasteiger partial charge in [0.15, 0.2) is 0 Å². The second-order valence-corrected chi connectivity index (χ2v) is 5.15. The summed E-state index contributed by atoms with van der Waals surface area (Å²) in [6.45, 7) is 7.31. The largest absolute Gasteiger partial charge is 0.347 e. The van der Waals surface area contributed by atoms with Gasteiger partial charge in [0, 0.05) is 0 Å². The number of ketones is 1. The van der Waals surface area contributed by atoms with Crippen LogP contribution in [-0.4, -0.2) is 59.5 Å². The Bertz CT molecular complexity index is 514. The Hall–Kier alpha value is -2.15. The lowest BCUT2D eigenvalue weighted by molar-refractivity contribution is -0.127. The lowest BCUT2D eigenvalue weighted by Gasteiger charge is -2.28. The molecule has 2 bridgehead atoms. The van der Waals surface area contributed by atoms with E-state index in [1.807, 2.05) is 6.08 Å². The van der Waals surface area contributed by atoms with Crippen LogP contribution in [0, 0.1) is 0 Å². The fourth-order valence-electron chi connectivity index (χ4n) is 2.54. The third kappa shape index (κ3) is 2.97. The van der Waals surface area contributed by atoms with E-state index in [0.29, 0.717) is 6.54 Å². The molecule has 0 aromatic heterocycles. The van der Waals surface area contributed by atoms with E-state index in [4.69, 9.17) is 4.84 Å². The van der Waals surface area contributed by atoms with Crippen LogP contribution in [0.15, 0.2) is 24.3 Å². The van der Waals surface area contributed by atoms with Crippen molar-refractivity contribution in [3.8, 4) is 0 Å². The van der Waals surface area contributed by atoms with Crippen molar-refractivity contribution < 1.29 is 19.2 Å². The number of nitrogens with one attached hydrogen (secondary N) is 1. The van der Waals surface area contributed by atoms with Gasteiger partial charge in [-0.2, -0.15) is 5.06 Å². The van der Waals surface area contributed by atoms with E-state index in [1.165, 1.54) is 16.9 Å². The summed E-state index contributed by atoms with van der Waals surface area (Å²) in [7, 11) is 0. The molecule has 3 amide bonds. The summed E-state index contributed by atoms with van der Waals surface area (Å²) in [5.74, 6) is -0.487. The summed E-state index contributed by atoms with van der Waals surface area (Å²) in [6.07, 6.45) is 3.40. The van der Waals surface area contributed by atoms with Crippen LogP contribution >= 0.6 is 0 Å². The molecule has 2 aliphatic rings. The molecule has 7 heteroatoms. The molecule has 1 N–H and O–H groups in total. The van der Waals surface area contributed by atoms with Gasteiger partial charge in [-0.25, -0.2) is 4.79 Å². The number of hydroxylamine groups is 2. The first kappa shape index (κ1) is 15.2. The van der Waals surface area contributed by atoms with E-state index in [-0.39, 0.29) is 36.9 Å². The first-order valence-electron chi connectivity index (χ1n) is 6.74. The minimum atomic E-state index is -0.689. The normalized spacial score (nSPS) is 23.9. The SMILES string of the molecule is C=CCON1C(=O)N2C[C@H]1C=C(C)[C@H]2C(=O)NCC(C)=O. The van der Waals surface area contributed by atoms with Crippen molar-refractivity contribution in [1.29, 1.82) is 0 Å². The van der Waals surface area contributed by atoms with E-state index in [2.05, 4.69) is 11.9 Å². The molecule has 0 aromatic rings. The third-order valence-electron chi connectivity index (χ3n) is 3.41. The number of fused-ring (bicyclic) bond motifs is 2. The van der Waals surface area contributed by atoms with Gasteiger partial charge in [0.2, 0.25) is 5.91 Å². The summed E-state index contributed by atoms with van der Waals surface area (Å²) in [5.41, 5.74) is 0.769. The molecule has 21 heavy (non-hydrogen) atoms. The molecule has 114 valence electrons. The number of amides is 3. The van der Waals surface area contributed by atoms with E-state index >= 15 is 0 Å². The highest BCUT2D eigenvalue weighted by molar-refractivity contribution is 5.93. The molecule has 2 rings (SSSR count). The maximum atomic E-state index is 12.3. The second kappa shape index (κ2) is 6.09. The van der Waals surface area contributed by atoms with Crippen LogP contribution in [0.4, 0.5) is 4.79 Å². The van der Waals surface area contributed by atoms with Crippen LogP contribution in [0.3, 0.4) is 0 Å². The van der Waals surface area contributed by atoms with E-state index in [1.54, 1.807) is 13.0 Å². The van der Waals surface area contributed by atoms with Gasteiger partial charge in [-0.3, -0.25) is 14.4 Å². The molecule has 0 spiro atoms. The zero-order valence-electron chi connectivity index (χ0n) is 12.2. The molecular weight excluding hydrogens is 274 g/mol. The molecule has 0 aromatic carbocycles. The quantitative estimate of drug-likeness (QED) is 0.712. The first-order chi connectivity index (χ1) is 9.95. The van der Waals surface area contributed by atoms with Gasteiger partial charge < -0.3 is 10.2 Å². The highest BCUT2D eigenvalue weighted by Crippen LogP contribution is 2.29. The molecule has 0 saturated carbocycles. The zero-order chi connectivity index (χ0) is 15.6. The van der Waals surface area contributed by atoms with Gasteiger partial charge >= 0.3 is 6.03 Å². The van der Waals surface area contributed by atoms with Crippen molar-refractivity contribution in [2.45, 2.75) is 25.9 Å². The fraction of sp³-hybridized carbons (Fsp3) is 0.500. The number of hydrogen-bond donors (Lipinski definition) is 1. The monoisotopic (exact) mass is 293 g/mol. The van der Waals surface area contributed by atoms with Crippen molar-refractivity contribution in [3.63, 3.8) is 0 Å². The molecule has 1 fully saturated rings. The minimum Gasteiger partial charge on any atom is -0.347 e. The van der Waals surface area contributed by atoms with Crippen LogP contribution in [0.5, 0.6) is 0 Å². The Morgan fingerprint density at radius 3 is 2.90 bits per heavy atom.